The number of nitrogens with two attached hydrogens (primary N) is 1. The molecule has 6 nitrogen and oxygen atoms in total. The van der Waals surface area contributed by atoms with Crippen LogP contribution in [-0.2, 0) is 6.42 Å². The largest absolute Gasteiger partial charge is 0.348 e. The van der Waals surface area contributed by atoms with Gasteiger partial charge in [0.25, 0.3) is 11.6 Å². The number of nitrogens with one attached hydrogen (secondary N) is 1. The molecule has 0 spiro atoms. The van der Waals surface area contributed by atoms with Crippen molar-refractivity contribution >= 4 is 24.0 Å². The van der Waals surface area contributed by atoms with E-state index < -0.39 is 4.92 Å². The molecule has 116 valence electrons. The molecule has 1 saturated carbocycles. The van der Waals surface area contributed by atoms with Gasteiger partial charge in [0.15, 0.2) is 0 Å². The third-order valence-electron chi connectivity index (χ3n) is 3.69. The van der Waals surface area contributed by atoms with Crippen LogP contribution in [0.2, 0.25) is 0 Å². The van der Waals surface area contributed by atoms with Gasteiger partial charge in [0.1, 0.15) is 0 Å². The fourth-order valence-corrected chi connectivity index (χ4v) is 2.29. The maximum Gasteiger partial charge on any atom is 0.273 e. The number of carbonyl (C=O) groups excluding carboxylic acids is 1. The smallest absolute Gasteiger partial charge is 0.273 e. The van der Waals surface area contributed by atoms with Gasteiger partial charge in [-0.2, -0.15) is 0 Å². The number of nitrogens with zero attached hydrogens (tertiary/aromatic N) is 1. The Morgan fingerprint density at radius 1 is 1.52 bits per heavy atom. The van der Waals surface area contributed by atoms with Gasteiger partial charge < -0.3 is 11.1 Å². The van der Waals surface area contributed by atoms with Crippen LogP contribution in [0.5, 0.6) is 0 Å². The summed E-state index contributed by atoms with van der Waals surface area (Å²) in [7, 11) is 0. The van der Waals surface area contributed by atoms with Gasteiger partial charge in [-0.25, -0.2) is 0 Å². The maximum absolute atomic E-state index is 12.1. The van der Waals surface area contributed by atoms with Crippen LogP contribution in [0, 0.1) is 16.0 Å². The number of hydrogen-bond acceptors (Lipinski definition) is 4. The molecular formula is C14H20ClN3O3. The summed E-state index contributed by atoms with van der Waals surface area (Å²) in [5, 5.41) is 13.9. The van der Waals surface area contributed by atoms with E-state index in [2.05, 4.69) is 5.32 Å². The topological polar surface area (TPSA) is 98.3 Å². The summed E-state index contributed by atoms with van der Waals surface area (Å²) in [6, 6.07) is 4.57. The van der Waals surface area contributed by atoms with Crippen LogP contribution in [0.15, 0.2) is 18.2 Å². The molecule has 0 heterocycles. The average Bonchev–Trinajstić information content (AvgIpc) is 3.28. The Morgan fingerprint density at radius 3 is 2.67 bits per heavy atom. The van der Waals surface area contributed by atoms with Crippen molar-refractivity contribution < 1.29 is 9.72 Å². The number of aryl methyl sites for hydroxylation is 1. The molecule has 1 unspecified atom stereocenters. The Hall–Kier alpha value is -1.66. The van der Waals surface area contributed by atoms with Crippen LogP contribution >= 0.6 is 12.4 Å². The number of rotatable bonds is 6. The molecule has 21 heavy (non-hydrogen) atoms. The minimum Gasteiger partial charge on any atom is -0.348 e. The van der Waals surface area contributed by atoms with E-state index in [-0.39, 0.29) is 30.0 Å². The van der Waals surface area contributed by atoms with Gasteiger partial charge in [0.05, 0.1) is 4.92 Å². The van der Waals surface area contributed by atoms with Crippen LogP contribution in [0.3, 0.4) is 0 Å². The van der Waals surface area contributed by atoms with Gasteiger partial charge >= 0.3 is 0 Å². The van der Waals surface area contributed by atoms with Crippen LogP contribution < -0.4 is 11.1 Å². The van der Waals surface area contributed by atoms with E-state index in [1.165, 1.54) is 6.07 Å². The lowest BCUT2D eigenvalue weighted by Crippen LogP contribution is -2.41. The van der Waals surface area contributed by atoms with E-state index in [1.54, 1.807) is 12.1 Å². The molecule has 0 aromatic heterocycles. The highest BCUT2D eigenvalue weighted by Crippen LogP contribution is 2.32. The minimum absolute atomic E-state index is 0. The van der Waals surface area contributed by atoms with Gasteiger partial charge in [-0.05, 0) is 31.2 Å². The molecule has 0 saturated heterocycles. The SMILES string of the molecule is CCc1ccc(C(=O)NC(CN)C2CC2)cc1[N+](=O)[O-].Cl. The lowest BCUT2D eigenvalue weighted by atomic mass is 10.1. The number of hydrogen-bond donors (Lipinski definition) is 2. The summed E-state index contributed by atoms with van der Waals surface area (Å²) < 4.78 is 0. The molecule has 1 aliphatic carbocycles. The predicted octanol–water partition coefficient (Wildman–Crippen LogP) is 2.05. The normalized spacial score (nSPS) is 15.0. The van der Waals surface area contributed by atoms with E-state index in [0.717, 1.165) is 12.8 Å². The Morgan fingerprint density at radius 2 is 2.19 bits per heavy atom. The number of nitro groups is 1. The van der Waals surface area contributed by atoms with E-state index in [0.29, 0.717) is 30.0 Å². The van der Waals surface area contributed by atoms with Crippen LogP contribution in [-0.4, -0.2) is 23.4 Å². The fourth-order valence-electron chi connectivity index (χ4n) is 2.29. The zero-order valence-electron chi connectivity index (χ0n) is 11.9. The van der Waals surface area contributed by atoms with Gasteiger partial charge in [-0.3, -0.25) is 14.9 Å². The minimum atomic E-state index is -0.448. The molecule has 1 aromatic carbocycles. The van der Waals surface area contributed by atoms with E-state index >= 15 is 0 Å². The van der Waals surface area contributed by atoms with Gasteiger partial charge in [-0.15, -0.1) is 12.4 Å². The van der Waals surface area contributed by atoms with Crippen molar-refractivity contribution in [1.82, 2.24) is 5.32 Å². The van der Waals surface area contributed by atoms with Gasteiger partial charge in [0.2, 0.25) is 0 Å². The number of benzene rings is 1. The van der Waals surface area contributed by atoms with Crippen molar-refractivity contribution in [3.05, 3.63) is 39.4 Å². The standard InChI is InChI=1S/C14H19N3O3.ClH/c1-2-9-3-6-11(7-13(9)17(19)20)14(18)16-12(8-15)10-4-5-10;/h3,6-7,10,12H,2,4-5,8,15H2,1H3,(H,16,18);1H. The highest BCUT2D eigenvalue weighted by molar-refractivity contribution is 5.95. The molecule has 1 aromatic rings. The van der Waals surface area contributed by atoms with Crippen molar-refractivity contribution in [3.8, 4) is 0 Å². The first-order chi connectivity index (χ1) is 9.56. The molecule has 1 aliphatic rings. The van der Waals surface area contributed by atoms with Crippen LogP contribution in [0.25, 0.3) is 0 Å². The zero-order chi connectivity index (χ0) is 14.7. The van der Waals surface area contributed by atoms with Crippen LogP contribution in [0.1, 0.15) is 35.7 Å². The van der Waals surface area contributed by atoms with E-state index in [9.17, 15) is 14.9 Å². The Kier molecular flexibility index (Phi) is 6.11. The third-order valence-corrected chi connectivity index (χ3v) is 3.69. The quantitative estimate of drug-likeness (QED) is 0.620. The lowest BCUT2D eigenvalue weighted by molar-refractivity contribution is -0.385. The van der Waals surface area contributed by atoms with E-state index in [1.807, 2.05) is 6.92 Å². The molecular weight excluding hydrogens is 294 g/mol. The average molecular weight is 314 g/mol. The second-order valence-electron chi connectivity index (χ2n) is 5.11. The number of halogens is 1. The lowest BCUT2D eigenvalue weighted by Gasteiger charge is -2.16. The van der Waals surface area contributed by atoms with Gasteiger partial charge in [-0.1, -0.05) is 13.0 Å². The second-order valence-corrected chi connectivity index (χ2v) is 5.11. The summed E-state index contributed by atoms with van der Waals surface area (Å²) in [5.74, 6) is 0.159. The van der Waals surface area contributed by atoms with Gasteiger partial charge in [0, 0.05) is 29.8 Å². The molecule has 0 bridgehead atoms. The monoisotopic (exact) mass is 313 g/mol. The summed E-state index contributed by atoms with van der Waals surface area (Å²) >= 11 is 0. The molecule has 1 atom stereocenters. The van der Waals surface area contributed by atoms with Crippen molar-refractivity contribution in [2.24, 2.45) is 11.7 Å². The number of amides is 1. The molecule has 0 radical (unpaired) electrons. The fraction of sp³-hybridized carbons (Fsp3) is 0.500. The molecule has 3 N–H and O–H groups in total. The first-order valence-electron chi connectivity index (χ1n) is 6.85. The molecule has 1 fully saturated rings. The molecule has 7 heteroatoms. The van der Waals surface area contributed by atoms with Crippen molar-refractivity contribution in [2.45, 2.75) is 32.2 Å². The molecule has 2 rings (SSSR count). The van der Waals surface area contributed by atoms with Crippen molar-refractivity contribution in [3.63, 3.8) is 0 Å². The summed E-state index contributed by atoms with van der Waals surface area (Å²) in [4.78, 5) is 22.7. The summed E-state index contributed by atoms with van der Waals surface area (Å²) in [6.07, 6.45) is 2.72. The number of nitro benzene ring substituents is 1. The zero-order valence-corrected chi connectivity index (χ0v) is 12.7. The predicted molar refractivity (Wildman–Crippen MR) is 82.8 cm³/mol. The number of carbonyl (C=O) groups is 1. The first kappa shape index (κ1) is 17.4. The van der Waals surface area contributed by atoms with E-state index in [4.69, 9.17) is 5.73 Å². The Labute approximate surface area is 129 Å². The maximum atomic E-state index is 12.1. The second kappa shape index (κ2) is 7.38. The highest BCUT2D eigenvalue weighted by Gasteiger charge is 2.31. The Bertz CT molecular complexity index is 532. The van der Waals surface area contributed by atoms with Crippen molar-refractivity contribution in [1.29, 1.82) is 0 Å². The van der Waals surface area contributed by atoms with Crippen LogP contribution in [0.4, 0.5) is 5.69 Å². The Balaban J connectivity index is 0.00000220. The highest BCUT2D eigenvalue weighted by atomic mass is 35.5. The molecule has 0 aliphatic heterocycles. The first-order valence-corrected chi connectivity index (χ1v) is 6.85. The summed E-state index contributed by atoms with van der Waals surface area (Å²) in [6.45, 7) is 2.24. The summed E-state index contributed by atoms with van der Waals surface area (Å²) in [5.41, 5.74) is 6.58. The van der Waals surface area contributed by atoms with Crippen molar-refractivity contribution in [2.75, 3.05) is 6.54 Å². The molecule has 1 amide bonds. The third kappa shape index (κ3) is 4.15.